The average Bonchev–Trinajstić information content (AvgIpc) is 2.13. The van der Waals surface area contributed by atoms with Gasteiger partial charge in [0.15, 0.2) is 0 Å². The monoisotopic (exact) mass is 171 g/mol. The minimum Gasteiger partial charge on any atom is -0.358 e. The van der Waals surface area contributed by atoms with Crippen molar-refractivity contribution in [3.63, 3.8) is 0 Å². The van der Waals surface area contributed by atoms with Gasteiger partial charge in [0.05, 0.1) is 0 Å². The molecular formula is C12H13N. The number of hydrogen-bond acceptors (Lipinski definition) is 1. The molecule has 1 aliphatic rings. The maximum absolute atomic E-state index is 2.18. The smallest absolute Gasteiger partial charge is 0.0106 e. The molecule has 1 aromatic rings. The van der Waals surface area contributed by atoms with Crippen LogP contribution in [0.25, 0.3) is 6.08 Å². The fourth-order valence-corrected chi connectivity index (χ4v) is 1.48. The molecule has 1 heteroatoms. The first-order valence-electron chi connectivity index (χ1n) is 4.51. The molecule has 1 aliphatic heterocycles. The van der Waals surface area contributed by atoms with Gasteiger partial charge in [-0.15, -0.1) is 0 Å². The van der Waals surface area contributed by atoms with Crippen molar-refractivity contribution < 1.29 is 0 Å². The Balaban J connectivity index is 2.42. The number of hydrogen-bond donors (Lipinski definition) is 0. The van der Waals surface area contributed by atoms with Gasteiger partial charge >= 0.3 is 0 Å². The Bertz CT molecular complexity index is 350. The minimum atomic E-state index is 1.02. The van der Waals surface area contributed by atoms with Crippen LogP contribution in [-0.4, -0.2) is 11.9 Å². The molecule has 66 valence electrons. The van der Waals surface area contributed by atoms with Crippen LogP contribution >= 0.6 is 0 Å². The molecule has 0 saturated carbocycles. The third kappa shape index (κ3) is 1.81. The van der Waals surface area contributed by atoms with E-state index in [-0.39, 0.29) is 0 Å². The number of allylic oxidation sites excluding steroid dienone is 1. The first-order chi connectivity index (χ1) is 6.36. The van der Waals surface area contributed by atoms with Gasteiger partial charge in [0.1, 0.15) is 0 Å². The molecule has 0 amide bonds. The van der Waals surface area contributed by atoms with Crippen LogP contribution in [0.15, 0.2) is 42.7 Å². The highest BCUT2D eigenvalue weighted by atomic mass is 15.0. The molecule has 0 N–H and O–H groups in total. The van der Waals surface area contributed by atoms with Gasteiger partial charge in [0, 0.05) is 13.2 Å². The van der Waals surface area contributed by atoms with Crippen molar-refractivity contribution in [3.05, 3.63) is 53.9 Å². The molecule has 1 nitrogen and oxygen atoms in total. The summed E-state index contributed by atoms with van der Waals surface area (Å²) < 4.78 is 0. The van der Waals surface area contributed by atoms with Crippen molar-refractivity contribution in [2.75, 3.05) is 7.05 Å². The highest BCUT2D eigenvalue weighted by Gasteiger charge is 1.98. The third-order valence-electron chi connectivity index (χ3n) is 2.22. The number of fused-ring (bicyclic) bond motifs is 1. The SMILES string of the molecule is CN1C=CCc2ccccc2C=C1. The summed E-state index contributed by atoms with van der Waals surface area (Å²) in [4.78, 5) is 2.07. The van der Waals surface area contributed by atoms with E-state index in [0.29, 0.717) is 0 Å². The van der Waals surface area contributed by atoms with Crippen molar-refractivity contribution in [2.45, 2.75) is 6.42 Å². The number of nitrogens with zero attached hydrogens (tertiary/aromatic N) is 1. The van der Waals surface area contributed by atoms with Gasteiger partial charge in [-0.05, 0) is 29.8 Å². The second-order valence-corrected chi connectivity index (χ2v) is 3.27. The molecule has 0 fully saturated rings. The zero-order valence-electron chi connectivity index (χ0n) is 7.77. The predicted molar refractivity (Wildman–Crippen MR) is 56.1 cm³/mol. The van der Waals surface area contributed by atoms with Crippen LogP contribution < -0.4 is 0 Å². The average molecular weight is 171 g/mol. The van der Waals surface area contributed by atoms with E-state index in [1.54, 1.807) is 0 Å². The Kier molecular flexibility index (Phi) is 2.17. The summed E-state index contributed by atoms with van der Waals surface area (Å²) in [7, 11) is 2.04. The Hall–Kier alpha value is -1.50. The fourth-order valence-electron chi connectivity index (χ4n) is 1.48. The predicted octanol–water partition coefficient (Wildman–Crippen LogP) is 2.66. The van der Waals surface area contributed by atoms with E-state index < -0.39 is 0 Å². The van der Waals surface area contributed by atoms with Gasteiger partial charge in [-0.25, -0.2) is 0 Å². The zero-order chi connectivity index (χ0) is 9.10. The molecule has 2 rings (SSSR count). The van der Waals surface area contributed by atoms with Crippen molar-refractivity contribution in [1.82, 2.24) is 4.90 Å². The van der Waals surface area contributed by atoms with Crippen molar-refractivity contribution in [2.24, 2.45) is 0 Å². The van der Waals surface area contributed by atoms with Crippen LogP contribution in [0.5, 0.6) is 0 Å². The largest absolute Gasteiger partial charge is 0.358 e. The number of benzene rings is 1. The second-order valence-electron chi connectivity index (χ2n) is 3.27. The van der Waals surface area contributed by atoms with Gasteiger partial charge in [0.2, 0.25) is 0 Å². The first kappa shape index (κ1) is 8.11. The van der Waals surface area contributed by atoms with E-state index in [2.05, 4.69) is 53.7 Å². The van der Waals surface area contributed by atoms with E-state index in [9.17, 15) is 0 Å². The van der Waals surface area contributed by atoms with Crippen LogP contribution in [0, 0.1) is 0 Å². The molecular weight excluding hydrogens is 158 g/mol. The lowest BCUT2D eigenvalue weighted by atomic mass is 10.0. The summed E-state index contributed by atoms with van der Waals surface area (Å²) in [6.45, 7) is 0. The van der Waals surface area contributed by atoms with Crippen molar-refractivity contribution >= 4 is 6.08 Å². The van der Waals surface area contributed by atoms with Gasteiger partial charge in [-0.3, -0.25) is 0 Å². The molecule has 0 unspecified atom stereocenters. The Morgan fingerprint density at radius 3 is 2.92 bits per heavy atom. The summed E-state index contributed by atoms with van der Waals surface area (Å²) in [6, 6.07) is 8.49. The van der Waals surface area contributed by atoms with Gasteiger partial charge in [0.25, 0.3) is 0 Å². The molecule has 0 atom stereocenters. The molecule has 0 radical (unpaired) electrons. The molecule has 1 aromatic carbocycles. The second kappa shape index (κ2) is 3.48. The van der Waals surface area contributed by atoms with Gasteiger partial charge in [-0.2, -0.15) is 0 Å². The topological polar surface area (TPSA) is 3.24 Å². The van der Waals surface area contributed by atoms with Crippen LogP contribution in [0.3, 0.4) is 0 Å². The lowest BCUT2D eigenvalue weighted by molar-refractivity contribution is 0.626. The Labute approximate surface area is 79.0 Å². The van der Waals surface area contributed by atoms with Crippen LogP contribution in [0.2, 0.25) is 0 Å². The summed E-state index contributed by atoms with van der Waals surface area (Å²) in [5.41, 5.74) is 2.71. The molecule has 0 saturated heterocycles. The molecule has 0 spiro atoms. The van der Waals surface area contributed by atoms with Crippen LogP contribution in [-0.2, 0) is 6.42 Å². The highest BCUT2D eigenvalue weighted by Crippen LogP contribution is 2.14. The molecule has 0 aromatic heterocycles. The summed E-state index contributed by atoms with van der Waals surface area (Å²) >= 11 is 0. The molecule has 0 aliphatic carbocycles. The fraction of sp³-hybridized carbons (Fsp3) is 0.167. The lowest BCUT2D eigenvalue weighted by Gasteiger charge is -2.11. The normalized spacial score (nSPS) is 15.0. The number of rotatable bonds is 0. The standard InChI is InChI=1S/C12H13N/c1-13-9-4-7-11-5-2-3-6-12(11)8-10-13/h2-6,8-10H,7H2,1H3. The lowest BCUT2D eigenvalue weighted by Crippen LogP contribution is -2.02. The van der Waals surface area contributed by atoms with Gasteiger partial charge in [-0.1, -0.05) is 30.3 Å². The highest BCUT2D eigenvalue weighted by molar-refractivity contribution is 5.54. The minimum absolute atomic E-state index is 1.02. The van der Waals surface area contributed by atoms with E-state index in [1.165, 1.54) is 11.1 Å². The van der Waals surface area contributed by atoms with E-state index in [4.69, 9.17) is 0 Å². The van der Waals surface area contributed by atoms with Crippen LogP contribution in [0.4, 0.5) is 0 Å². The van der Waals surface area contributed by atoms with E-state index >= 15 is 0 Å². The summed E-state index contributed by atoms with van der Waals surface area (Å²) in [5.74, 6) is 0. The first-order valence-corrected chi connectivity index (χ1v) is 4.51. The maximum atomic E-state index is 2.18. The Morgan fingerprint density at radius 1 is 1.15 bits per heavy atom. The molecule has 13 heavy (non-hydrogen) atoms. The van der Waals surface area contributed by atoms with Crippen molar-refractivity contribution in [3.8, 4) is 0 Å². The van der Waals surface area contributed by atoms with Crippen LogP contribution in [0.1, 0.15) is 11.1 Å². The summed E-state index contributed by atoms with van der Waals surface area (Å²) in [6.07, 6.45) is 9.52. The maximum Gasteiger partial charge on any atom is 0.0106 e. The molecule has 1 heterocycles. The summed E-state index contributed by atoms with van der Waals surface area (Å²) in [5, 5.41) is 0. The van der Waals surface area contributed by atoms with Crippen molar-refractivity contribution in [1.29, 1.82) is 0 Å². The molecule has 0 bridgehead atoms. The van der Waals surface area contributed by atoms with E-state index in [0.717, 1.165) is 6.42 Å². The third-order valence-corrected chi connectivity index (χ3v) is 2.22. The zero-order valence-corrected chi connectivity index (χ0v) is 7.77. The Morgan fingerprint density at radius 2 is 2.00 bits per heavy atom. The van der Waals surface area contributed by atoms with Gasteiger partial charge < -0.3 is 4.90 Å². The quantitative estimate of drug-likeness (QED) is 0.580. The van der Waals surface area contributed by atoms with E-state index in [1.807, 2.05) is 7.05 Å².